The topological polar surface area (TPSA) is 56.8 Å². The third-order valence-corrected chi connectivity index (χ3v) is 3.37. The van der Waals surface area contributed by atoms with Gasteiger partial charge in [0.05, 0.1) is 12.2 Å². The van der Waals surface area contributed by atoms with Crippen molar-refractivity contribution in [1.82, 2.24) is 5.32 Å². The molecule has 0 aliphatic carbocycles. The zero-order chi connectivity index (χ0) is 15.2. The summed E-state index contributed by atoms with van der Waals surface area (Å²) in [5, 5.41) is 2.85. The van der Waals surface area contributed by atoms with Gasteiger partial charge in [0, 0.05) is 17.9 Å². The Balaban J connectivity index is 2.16. The molecule has 1 amide bonds. The molecule has 1 atom stereocenters. The average Bonchev–Trinajstić information content (AvgIpc) is 2.79. The number of thiol groups is 1. The average molecular weight is 305 g/mol. The van der Waals surface area contributed by atoms with Crippen molar-refractivity contribution < 1.29 is 19.0 Å². The van der Waals surface area contributed by atoms with E-state index < -0.39 is 6.10 Å². The lowest BCUT2D eigenvalue weighted by Gasteiger charge is -2.27. The molecule has 0 aromatic rings. The lowest BCUT2D eigenvalue weighted by molar-refractivity contribution is -0.129. The number of rotatable bonds is 8. The lowest BCUT2D eigenvalue weighted by Crippen LogP contribution is -2.39. The Kier molecular flexibility index (Phi) is 6.78. The zero-order valence-electron chi connectivity index (χ0n) is 12.9. The minimum absolute atomic E-state index is 0.0237. The molecule has 0 aromatic carbocycles. The Hall–Kier alpha value is -0.300. The largest absolute Gasteiger partial charge is 0.375 e. The first-order chi connectivity index (χ1) is 9.20. The molecule has 1 rings (SSSR count). The summed E-state index contributed by atoms with van der Waals surface area (Å²) in [6.07, 6.45) is 1.17. The normalized spacial score (nSPS) is 20.1. The summed E-state index contributed by atoms with van der Waals surface area (Å²) in [5.74, 6) is -0.116. The van der Waals surface area contributed by atoms with Gasteiger partial charge >= 0.3 is 0 Å². The Bertz CT molecular complexity index is 309. The second kappa shape index (κ2) is 7.64. The van der Waals surface area contributed by atoms with Crippen molar-refractivity contribution in [2.24, 2.45) is 0 Å². The van der Waals surface area contributed by atoms with Crippen molar-refractivity contribution in [1.29, 1.82) is 0 Å². The molecule has 118 valence electrons. The molecule has 1 aliphatic rings. The fourth-order valence-corrected chi connectivity index (χ4v) is 1.83. The summed E-state index contributed by atoms with van der Waals surface area (Å²) < 4.78 is 16.0. The number of amides is 1. The molecule has 0 spiro atoms. The first-order valence-electron chi connectivity index (χ1n) is 7.03. The highest BCUT2D eigenvalue weighted by molar-refractivity contribution is 7.81. The van der Waals surface area contributed by atoms with Crippen LogP contribution in [0, 0.1) is 0 Å². The molecule has 0 bridgehead atoms. The smallest absolute Gasteiger partial charge is 0.251 e. The van der Waals surface area contributed by atoms with E-state index in [4.69, 9.17) is 14.2 Å². The predicted octanol–water partition coefficient (Wildman–Crippen LogP) is 1.76. The molecule has 20 heavy (non-hydrogen) atoms. The molecule has 1 heterocycles. The van der Waals surface area contributed by atoms with Gasteiger partial charge in [0.15, 0.2) is 6.10 Å². The Morgan fingerprint density at radius 2 is 2.05 bits per heavy atom. The summed E-state index contributed by atoms with van der Waals surface area (Å²) in [6.45, 7) is 9.95. The van der Waals surface area contributed by atoms with Crippen LogP contribution < -0.4 is 5.32 Å². The van der Waals surface area contributed by atoms with Gasteiger partial charge in [0.1, 0.15) is 6.79 Å². The van der Waals surface area contributed by atoms with E-state index in [1.54, 1.807) is 0 Å². The minimum atomic E-state index is -0.469. The van der Waals surface area contributed by atoms with E-state index in [2.05, 4.69) is 31.8 Å². The van der Waals surface area contributed by atoms with Crippen LogP contribution in [0.2, 0.25) is 0 Å². The van der Waals surface area contributed by atoms with Gasteiger partial charge in [-0.25, -0.2) is 0 Å². The number of hydrogen-bond donors (Lipinski definition) is 2. The first kappa shape index (κ1) is 17.8. The van der Waals surface area contributed by atoms with Gasteiger partial charge in [-0.3, -0.25) is 4.79 Å². The van der Waals surface area contributed by atoms with E-state index in [-0.39, 0.29) is 23.0 Å². The van der Waals surface area contributed by atoms with Crippen molar-refractivity contribution in [2.45, 2.75) is 57.0 Å². The standard InChI is InChI=1S/C14H27NO4S/c1-13(2,19-8-6-14(3,4)20)5-7-15-12(16)11-9-17-10-18-11/h11,20H,5-10H2,1-4H3,(H,15,16). The monoisotopic (exact) mass is 305 g/mol. The zero-order valence-corrected chi connectivity index (χ0v) is 13.8. The molecule has 1 aliphatic heterocycles. The SMILES string of the molecule is CC(C)(S)CCOC(C)(C)CCNC(=O)C1COCO1. The maximum Gasteiger partial charge on any atom is 0.251 e. The van der Waals surface area contributed by atoms with Crippen LogP contribution in [0.15, 0.2) is 0 Å². The van der Waals surface area contributed by atoms with Gasteiger partial charge in [-0.1, -0.05) is 13.8 Å². The van der Waals surface area contributed by atoms with Crippen LogP contribution in [0.5, 0.6) is 0 Å². The van der Waals surface area contributed by atoms with Gasteiger partial charge in [-0.05, 0) is 26.7 Å². The molecule has 0 saturated carbocycles. The molecule has 1 N–H and O–H groups in total. The van der Waals surface area contributed by atoms with Crippen LogP contribution in [0.4, 0.5) is 0 Å². The summed E-state index contributed by atoms with van der Waals surface area (Å²) in [5.41, 5.74) is -0.265. The van der Waals surface area contributed by atoms with E-state index in [9.17, 15) is 4.79 Å². The maximum absolute atomic E-state index is 11.7. The number of hydrogen-bond acceptors (Lipinski definition) is 5. The molecule has 5 nitrogen and oxygen atoms in total. The fraction of sp³-hybridized carbons (Fsp3) is 0.929. The third kappa shape index (κ3) is 7.47. The van der Waals surface area contributed by atoms with E-state index >= 15 is 0 Å². The molecular weight excluding hydrogens is 278 g/mol. The van der Waals surface area contributed by atoms with Crippen molar-refractivity contribution in [3.05, 3.63) is 0 Å². The number of carbonyl (C=O) groups excluding carboxylic acids is 1. The van der Waals surface area contributed by atoms with Gasteiger partial charge in [-0.15, -0.1) is 0 Å². The van der Waals surface area contributed by atoms with Crippen molar-refractivity contribution >= 4 is 18.5 Å². The van der Waals surface area contributed by atoms with Gasteiger partial charge in [-0.2, -0.15) is 12.6 Å². The Labute approximate surface area is 127 Å². The van der Waals surface area contributed by atoms with Gasteiger partial charge < -0.3 is 19.5 Å². The number of nitrogens with one attached hydrogen (secondary N) is 1. The number of carbonyl (C=O) groups is 1. The summed E-state index contributed by atoms with van der Waals surface area (Å²) in [6, 6.07) is 0. The van der Waals surface area contributed by atoms with Crippen molar-refractivity contribution in [3.63, 3.8) is 0 Å². The van der Waals surface area contributed by atoms with Gasteiger partial charge in [0.2, 0.25) is 0 Å². The first-order valence-corrected chi connectivity index (χ1v) is 7.48. The maximum atomic E-state index is 11.7. The minimum Gasteiger partial charge on any atom is -0.375 e. The Morgan fingerprint density at radius 3 is 2.60 bits per heavy atom. The van der Waals surface area contributed by atoms with E-state index in [0.29, 0.717) is 19.8 Å². The summed E-state index contributed by atoms with van der Waals surface area (Å²) in [7, 11) is 0. The summed E-state index contributed by atoms with van der Waals surface area (Å²) in [4.78, 5) is 11.7. The van der Waals surface area contributed by atoms with E-state index in [1.807, 2.05) is 13.8 Å². The quantitative estimate of drug-likeness (QED) is 0.671. The van der Waals surface area contributed by atoms with Crippen LogP contribution in [0.1, 0.15) is 40.5 Å². The molecule has 0 radical (unpaired) electrons. The van der Waals surface area contributed by atoms with Gasteiger partial charge in [0.25, 0.3) is 5.91 Å². The van der Waals surface area contributed by atoms with E-state index in [0.717, 1.165) is 12.8 Å². The van der Waals surface area contributed by atoms with Crippen molar-refractivity contribution in [3.8, 4) is 0 Å². The second-order valence-electron chi connectivity index (χ2n) is 6.36. The van der Waals surface area contributed by atoms with E-state index in [1.165, 1.54) is 0 Å². The highest BCUT2D eigenvalue weighted by Crippen LogP contribution is 2.20. The van der Waals surface area contributed by atoms with Crippen LogP contribution in [-0.4, -0.2) is 48.9 Å². The number of ether oxygens (including phenoxy) is 3. The summed E-state index contributed by atoms with van der Waals surface area (Å²) >= 11 is 4.47. The predicted molar refractivity (Wildman–Crippen MR) is 81.0 cm³/mol. The second-order valence-corrected chi connectivity index (χ2v) is 7.57. The molecule has 1 unspecified atom stereocenters. The van der Waals surface area contributed by atoms with Crippen LogP contribution in [0.3, 0.4) is 0 Å². The molecule has 1 saturated heterocycles. The van der Waals surface area contributed by atoms with Crippen LogP contribution in [0.25, 0.3) is 0 Å². The molecule has 1 fully saturated rings. The van der Waals surface area contributed by atoms with Crippen molar-refractivity contribution in [2.75, 3.05) is 26.6 Å². The third-order valence-electron chi connectivity index (χ3n) is 3.15. The highest BCUT2D eigenvalue weighted by atomic mass is 32.1. The van der Waals surface area contributed by atoms with Crippen LogP contribution in [-0.2, 0) is 19.0 Å². The lowest BCUT2D eigenvalue weighted by atomic mass is 10.0. The molecule has 6 heteroatoms. The molecule has 0 aromatic heterocycles. The highest BCUT2D eigenvalue weighted by Gasteiger charge is 2.25. The molecular formula is C14H27NO4S. The fourth-order valence-electron chi connectivity index (χ4n) is 1.73. The Morgan fingerprint density at radius 1 is 1.35 bits per heavy atom. The van der Waals surface area contributed by atoms with Crippen LogP contribution >= 0.6 is 12.6 Å².